The molecule has 1 N–H and O–H groups in total. The van der Waals surface area contributed by atoms with Gasteiger partial charge >= 0.3 is 0 Å². The Morgan fingerprint density at radius 2 is 2.13 bits per heavy atom. The van der Waals surface area contributed by atoms with Crippen molar-refractivity contribution in [3.8, 4) is 0 Å². The zero-order valence-corrected chi connectivity index (χ0v) is 13.9. The third kappa shape index (κ3) is 3.62. The fraction of sp³-hybridized carbons (Fsp3) is 0.312. The minimum atomic E-state index is -0.0226. The molecule has 2 aromatic heterocycles. The Bertz CT molecular complexity index is 797. The summed E-state index contributed by atoms with van der Waals surface area (Å²) in [5, 5.41) is 14.0. The van der Waals surface area contributed by atoms with Gasteiger partial charge in [-0.25, -0.2) is 4.98 Å². The first-order valence-corrected chi connectivity index (χ1v) is 8.26. The number of thioether (sulfide) groups is 1. The molecule has 120 valence electrons. The van der Waals surface area contributed by atoms with Crippen LogP contribution in [0.25, 0.3) is 0 Å². The molecule has 23 heavy (non-hydrogen) atoms. The highest BCUT2D eigenvalue weighted by molar-refractivity contribution is 7.98. The van der Waals surface area contributed by atoms with Gasteiger partial charge in [0.2, 0.25) is 5.89 Å². The van der Waals surface area contributed by atoms with Crippen molar-refractivity contribution in [3.63, 3.8) is 0 Å². The number of nitrogens with zero attached hydrogens (tertiary/aromatic N) is 4. The highest BCUT2D eigenvalue weighted by Gasteiger charge is 2.11. The lowest BCUT2D eigenvalue weighted by molar-refractivity contribution is 0.271. The Labute approximate surface area is 138 Å². The molecule has 3 aromatic rings. The van der Waals surface area contributed by atoms with Gasteiger partial charge in [0, 0.05) is 13.5 Å². The van der Waals surface area contributed by atoms with Crippen molar-refractivity contribution in [2.45, 2.75) is 30.9 Å². The van der Waals surface area contributed by atoms with Crippen molar-refractivity contribution < 1.29 is 9.63 Å². The molecule has 0 bridgehead atoms. The van der Waals surface area contributed by atoms with Crippen molar-refractivity contribution in [1.82, 2.24) is 19.7 Å². The number of imidazole rings is 1. The van der Waals surface area contributed by atoms with E-state index in [1.54, 1.807) is 6.20 Å². The summed E-state index contributed by atoms with van der Waals surface area (Å²) >= 11 is 1.50. The maximum atomic E-state index is 9.17. The van der Waals surface area contributed by atoms with E-state index in [9.17, 15) is 5.11 Å². The molecule has 0 radical (unpaired) electrons. The Hall–Kier alpha value is -2.12. The Balaban J connectivity index is 1.63. The van der Waals surface area contributed by atoms with Crippen LogP contribution in [0.2, 0.25) is 0 Å². The number of aromatic nitrogens is 4. The van der Waals surface area contributed by atoms with Gasteiger partial charge in [-0.2, -0.15) is 4.98 Å². The van der Waals surface area contributed by atoms with Gasteiger partial charge in [0.15, 0.2) is 11.0 Å². The van der Waals surface area contributed by atoms with Gasteiger partial charge in [-0.15, -0.1) is 0 Å². The maximum Gasteiger partial charge on any atom is 0.237 e. The van der Waals surface area contributed by atoms with Crippen LogP contribution in [0.3, 0.4) is 0 Å². The molecule has 2 heterocycles. The van der Waals surface area contributed by atoms with E-state index < -0.39 is 0 Å². The maximum absolute atomic E-state index is 9.17. The monoisotopic (exact) mass is 330 g/mol. The van der Waals surface area contributed by atoms with Gasteiger partial charge in [-0.05, 0) is 18.1 Å². The highest BCUT2D eigenvalue weighted by atomic mass is 32.2. The molecule has 1 aromatic carbocycles. The molecule has 0 saturated carbocycles. The quantitative estimate of drug-likeness (QED) is 0.700. The van der Waals surface area contributed by atoms with Crippen LogP contribution in [0.4, 0.5) is 0 Å². The van der Waals surface area contributed by atoms with E-state index in [4.69, 9.17) is 4.52 Å². The van der Waals surface area contributed by atoms with Crippen LogP contribution in [0.1, 0.15) is 28.5 Å². The number of rotatable bonds is 6. The van der Waals surface area contributed by atoms with Crippen molar-refractivity contribution in [3.05, 3.63) is 59.0 Å². The number of hydrogen-bond acceptors (Lipinski definition) is 6. The van der Waals surface area contributed by atoms with E-state index in [-0.39, 0.29) is 6.61 Å². The molecule has 6 nitrogen and oxygen atoms in total. The van der Waals surface area contributed by atoms with Crippen LogP contribution in [0.15, 0.2) is 40.1 Å². The van der Waals surface area contributed by atoms with E-state index in [0.717, 1.165) is 10.9 Å². The summed E-state index contributed by atoms with van der Waals surface area (Å²) in [5.74, 6) is 1.81. The predicted molar refractivity (Wildman–Crippen MR) is 87.0 cm³/mol. The molecule has 0 aliphatic rings. The summed E-state index contributed by atoms with van der Waals surface area (Å²) in [6.07, 6.45) is 2.33. The first-order valence-electron chi connectivity index (χ1n) is 7.27. The average Bonchev–Trinajstić information content (AvgIpc) is 3.14. The molecule has 0 aliphatic carbocycles. The van der Waals surface area contributed by atoms with Crippen LogP contribution in [0, 0.1) is 6.92 Å². The Morgan fingerprint density at radius 1 is 1.30 bits per heavy atom. The molecule has 0 spiro atoms. The molecule has 0 saturated heterocycles. The molecular weight excluding hydrogens is 312 g/mol. The van der Waals surface area contributed by atoms with Gasteiger partial charge in [-0.3, -0.25) is 0 Å². The van der Waals surface area contributed by atoms with Crippen LogP contribution < -0.4 is 0 Å². The van der Waals surface area contributed by atoms with Crippen LogP contribution >= 0.6 is 11.8 Å². The molecule has 0 fully saturated rings. The lowest BCUT2D eigenvalue weighted by Gasteiger charge is -2.01. The second-order valence-corrected chi connectivity index (χ2v) is 6.19. The Kier molecular flexibility index (Phi) is 4.78. The van der Waals surface area contributed by atoms with Crippen LogP contribution in [-0.4, -0.2) is 24.8 Å². The fourth-order valence-corrected chi connectivity index (χ4v) is 3.04. The van der Waals surface area contributed by atoms with Gasteiger partial charge in [0.05, 0.1) is 24.3 Å². The van der Waals surface area contributed by atoms with E-state index in [1.807, 2.05) is 23.7 Å². The third-order valence-electron chi connectivity index (χ3n) is 3.65. The fourth-order valence-electron chi connectivity index (χ4n) is 2.23. The van der Waals surface area contributed by atoms with Gasteiger partial charge < -0.3 is 14.2 Å². The summed E-state index contributed by atoms with van der Waals surface area (Å²) in [6, 6.07) is 8.18. The summed E-state index contributed by atoms with van der Waals surface area (Å²) in [4.78, 5) is 8.70. The number of aliphatic hydroxyl groups is 1. The van der Waals surface area contributed by atoms with Gasteiger partial charge in [0.25, 0.3) is 0 Å². The van der Waals surface area contributed by atoms with Crippen molar-refractivity contribution in [1.29, 1.82) is 0 Å². The summed E-state index contributed by atoms with van der Waals surface area (Å²) in [5.41, 5.74) is 3.19. The van der Waals surface area contributed by atoms with Crippen molar-refractivity contribution >= 4 is 11.8 Å². The Morgan fingerprint density at radius 3 is 2.87 bits per heavy atom. The van der Waals surface area contributed by atoms with Crippen LogP contribution in [0.5, 0.6) is 0 Å². The van der Waals surface area contributed by atoms with Crippen molar-refractivity contribution in [2.75, 3.05) is 0 Å². The smallest absolute Gasteiger partial charge is 0.237 e. The molecule has 0 unspecified atom stereocenters. The summed E-state index contributed by atoms with van der Waals surface area (Å²) in [7, 11) is 1.87. The van der Waals surface area contributed by atoms with E-state index in [0.29, 0.717) is 23.9 Å². The largest absolute Gasteiger partial charge is 0.390 e. The second kappa shape index (κ2) is 6.97. The normalized spacial score (nSPS) is 11.1. The second-order valence-electron chi connectivity index (χ2n) is 5.25. The predicted octanol–water partition coefficient (Wildman–Crippen LogP) is 2.49. The zero-order valence-electron chi connectivity index (χ0n) is 13.1. The first kappa shape index (κ1) is 15.8. The lowest BCUT2D eigenvalue weighted by Crippen LogP contribution is -1.97. The van der Waals surface area contributed by atoms with Gasteiger partial charge in [-0.1, -0.05) is 41.2 Å². The van der Waals surface area contributed by atoms with E-state index in [1.165, 1.54) is 22.9 Å². The molecule has 0 atom stereocenters. The standard InChI is InChI=1S/C16H18N4O2S/c1-11-5-3-4-6-12(11)7-14-18-15(22-19-14)10-23-16-17-8-13(9-21)20(16)2/h3-6,8,21H,7,9-10H2,1-2H3. The zero-order chi connectivity index (χ0) is 16.2. The highest BCUT2D eigenvalue weighted by Crippen LogP contribution is 2.21. The molecule has 0 amide bonds. The van der Waals surface area contributed by atoms with Crippen molar-refractivity contribution in [2.24, 2.45) is 7.05 Å². The molecule has 3 rings (SSSR count). The van der Waals surface area contributed by atoms with Gasteiger partial charge in [0.1, 0.15) is 0 Å². The minimum Gasteiger partial charge on any atom is -0.390 e. The topological polar surface area (TPSA) is 77.0 Å². The number of aryl methyl sites for hydroxylation is 1. The van der Waals surface area contributed by atoms with E-state index in [2.05, 4.69) is 34.2 Å². The third-order valence-corrected chi connectivity index (χ3v) is 4.68. The number of aliphatic hydroxyl groups excluding tert-OH is 1. The molecule has 7 heteroatoms. The number of benzene rings is 1. The lowest BCUT2D eigenvalue weighted by atomic mass is 10.1. The summed E-state index contributed by atoms with van der Waals surface area (Å²) < 4.78 is 7.16. The van der Waals surface area contributed by atoms with Crippen LogP contribution in [-0.2, 0) is 25.8 Å². The molecular formula is C16H18N4O2S. The van der Waals surface area contributed by atoms with E-state index >= 15 is 0 Å². The number of hydrogen-bond donors (Lipinski definition) is 1. The first-order chi connectivity index (χ1) is 11.2. The minimum absolute atomic E-state index is 0.0226. The molecule has 0 aliphatic heterocycles. The SMILES string of the molecule is Cc1ccccc1Cc1noc(CSc2ncc(CO)n2C)n1. The summed E-state index contributed by atoms with van der Waals surface area (Å²) in [6.45, 7) is 2.05. The average molecular weight is 330 g/mol.